The van der Waals surface area contributed by atoms with E-state index in [1.54, 1.807) is 4.90 Å². The van der Waals surface area contributed by atoms with Gasteiger partial charge in [-0.3, -0.25) is 9.79 Å². The van der Waals surface area contributed by atoms with E-state index in [1.807, 2.05) is 21.1 Å². The molecule has 6 nitrogen and oxygen atoms in total. The van der Waals surface area contributed by atoms with Crippen LogP contribution in [0.25, 0.3) is 0 Å². The van der Waals surface area contributed by atoms with Crippen LogP contribution < -0.4 is 10.6 Å². The Bertz CT molecular complexity index is 533. The molecular weight excluding hydrogens is 477 g/mol. The van der Waals surface area contributed by atoms with Crippen molar-refractivity contribution in [2.75, 3.05) is 40.8 Å². The first kappa shape index (κ1) is 24.7. The number of carbonyl (C=O) groups is 1. The summed E-state index contributed by atoms with van der Waals surface area (Å²) in [5.41, 5.74) is -0.258. The van der Waals surface area contributed by atoms with Crippen LogP contribution in [0.15, 0.2) is 4.99 Å². The molecule has 2 N–H and O–H groups in total. The van der Waals surface area contributed by atoms with Crippen molar-refractivity contribution < 1.29 is 4.79 Å². The van der Waals surface area contributed by atoms with E-state index in [2.05, 4.69) is 20.5 Å². The first-order valence-electron chi connectivity index (χ1n) is 11.5. The first-order valence-corrected chi connectivity index (χ1v) is 11.5. The summed E-state index contributed by atoms with van der Waals surface area (Å²) in [6.45, 7) is 3.08. The van der Waals surface area contributed by atoms with E-state index in [-0.39, 0.29) is 35.3 Å². The molecule has 0 spiro atoms. The molecular formula is C22H42IN5O. The topological polar surface area (TPSA) is 60.0 Å². The number of guanidine groups is 1. The number of carbonyl (C=O) groups excluding carboxylic acids is 1. The summed E-state index contributed by atoms with van der Waals surface area (Å²) in [5, 5.41) is 7.11. The summed E-state index contributed by atoms with van der Waals surface area (Å²) >= 11 is 0. The average molecular weight is 520 g/mol. The largest absolute Gasteiger partial charge is 0.355 e. The molecule has 1 heterocycles. The molecule has 168 valence electrons. The van der Waals surface area contributed by atoms with Gasteiger partial charge in [0, 0.05) is 52.9 Å². The zero-order valence-electron chi connectivity index (χ0n) is 18.7. The molecule has 1 saturated heterocycles. The quantitative estimate of drug-likeness (QED) is 0.333. The molecule has 0 radical (unpaired) electrons. The number of hydrogen-bond acceptors (Lipinski definition) is 3. The molecule has 3 rings (SSSR count). The van der Waals surface area contributed by atoms with Crippen molar-refractivity contribution in [3.63, 3.8) is 0 Å². The monoisotopic (exact) mass is 519 g/mol. The molecule has 0 unspecified atom stereocenters. The van der Waals surface area contributed by atoms with Gasteiger partial charge < -0.3 is 20.4 Å². The number of likely N-dealkylation sites (tertiary alicyclic amines) is 1. The lowest BCUT2D eigenvalue weighted by Gasteiger charge is -2.40. The third-order valence-electron chi connectivity index (χ3n) is 7.20. The molecule has 3 aliphatic rings. The Labute approximate surface area is 194 Å². The van der Waals surface area contributed by atoms with Crippen LogP contribution >= 0.6 is 24.0 Å². The van der Waals surface area contributed by atoms with E-state index in [1.165, 1.54) is 58.0 Å². The summed E-state index contributed by atoms with van der Waals surface area (Å²) < 4.78 is 0. The SMILES string of the molecule is CN=C(NCC1(C(=O)N(C)C)CCCC1)NC1CCN(C2CCCCC2)CC1.I. The van der Waals surface area contributed by atoms with Crippen LogP contribution in [-0.4, -0.2) is 74.5 Å². The average Bonchev–Trinajstić information content (AvgIpc) is 3.21. The Morgan fingerprint density at radius 3 is 2.21 bits per heavy atom. The summed E-state index contributed by atoms with van der Waals surface area (Å²) in [6, 6.07) is 1.31. The van der Waals surface area contributed by atoms with Crippen molar-refractivity contribution in [1.29, 1.82) is 0 Å². The van der Waals surface area contributed by atoms with Gasteiger partial charge in [-0.2, -0.15) is 0 Å². The smallest absolute Gasteiger partial charge is 0.230 e. The lowest BCUT2D eigenvalue weighted by Crippen LogP contribution is -2.53. The number of nitrogens with one attached hydrogen (secondary N) is 2. The number of nitrogens with zero attached hydrogens (tertiary/aromatic N) is 3. The Balaban J connectivity index is 0.00000300. The van der Waals surface area contributed by atoms with Crippen LogP contribution in [-0.2, 0) is 4.79 Å². The van der Waals surface area contributed by atoms with E-state index in [0.29, 0.717) is 12.6 Å². The zero-order chi connectivity index (χ0) is 20.0. The minimum absolute atomic E-state index is 0. The fourth-order valence-electron chi connectivity index (χ4n) is 5.49. The van der Waals surface area contributed by atoms with E-state index < -0.39 is 0 Å². The number of aliphatic imine (C=N–C) groups is 1. The molecule has 3 fully saturated rings. The fraction of sp³-hybridized carbons (Fsp3) is 0.909. The minimum atomic E-state index is -0.258. The normalized spacial score (nSPS) is 24.0. The van der Waals surface area contributed by atoms with Gasteiger partial charge in [0.15, 0.2) is 5.96 Å². The van der Waals surface area contributed by atoms with Gasteiger partial charge in [0.25, 0.3) is 0 Å². The number of halogens is 1. The van der Waals surface area contributed by atoms with Gasteiger partial charge in [-0.25, -0.2) is 0 Å². The van der Waals surface area contributed by atoms with E-state index in [4.69, 9.17) is 0 Å². The number of hydrogen-bond donors (Lipinski definition) is 2. The van der Waals surface area contributed by atoms with Crippen molar-refractivity contribution in [2.45, 2.75) is 82.7 Å². The maximum Gasteiger partial charge on any atom is 0.230 e. The van der Waals surface area contributed by atoms with Crippen LogP contribution in [0, 0.1) is 5.41 Å². The standard InChI is InChI=1S/C22H41N5O.HI/c1-23-21(24-17-22(13-7-8-14-22)20(28)26(2)3)25-18-11-15-27(16-12-18)19-9-5-4-6-10-19;/h18-19H,4-17H2,1-3H3,(H2,23,24,25);1H. The molecule has 1 amide bonds. The first-order chi connectivity index (χ1) is 13.5. The highest BCUT2D eigenvalue weighted by Gasteiger charge is 2.42. The molecule has 2 saturated carbocycles. The Morgan fingerprint density at radius 2 is 1.66 bits per heavy atom. The minimum Gasteiger partial charge on any atom is -0.355 e. The summed E-state index contributed by atoms with van der Waals surface area (Å²) in [6.07, 6.45) is 13.6. The van der Waals surface area contributed by atoms with Crippen molar-refractivity contribution in [3.05, 3.63) is 0 Å². The summed E-state index contributed by atoms with van der Waals surface area (Å²) in [7, 11) is 5.58. The highest BCUT2D eigenvalue weighted by molar-refractivity contribution is 14.0. The Kier molecular flexibility index (Phi) is 9.98. The highest BCUT2D eigenvalue weighted by Crippen LogP contribution is 2.38. The molecule has 29 heavy (non-hydrogen) atoms. The maximum absolute atomic E-state index is 12.8. The maximum atomic E-state index is 12.8. The van der Waals surface area contributed by atoms with Crippen LogP contribution in [0.1, 0.15) is 70.6 Å². The molecule has 0 aromatic rings. The molecule has 0 bridgehead atoms. The van der Waals surface area contributed by atoms with Gasteiger partial charge in [0.05, 0.1) is 5.41 Å². The van der Waals surface area contributed by atoms with Crippen molar-refractivity contribution in [1.82, 2.24) is 20.4 Å². The van der Waals surface area contributed by atoms with Crippen LogP contribution in [0.2, 0.25) is 0 Å². The lowest BCUT2D eigenvalue weighted by atomic mass is 9.84. The van der Waals surface area contributed by atoms with Crippen molar-refractivity contribution in [3.8, 4) is 0 Å². The Hall–Kier alpha value is -0.570. The second-order valence-corrected chi connectivity index (χ2v) is 9.36. The Morgan fingerprint density at radius 1 is 1.03 bits per heavy atom. The molecule has 2 aliphatic carbocycles. The van der Waals surface area contributed by atoms with Crippen LogP contribution in [0.3, 0.4) is 0 Å². The van der Waals surface area contributed by atoms with Crippen LogP contribution in [0.5, 0.6) is 0 Å². The van der Waals surface area contributed by atoms with E-state index >= 15 is 0 Å². The van der Waals surface area contributed by atoms with Crippen molar-refractivity contribution >= 4 is 35.8 Å². The highest BCUT2D eigenvalue weighted by atomic mass is 127. The number of piperidine rings is 1. The van der Waals surface area contributed by atoms with Gasteiger partial charge >= 0.3 is 0 Å². The van der Waals surface area contributed by atoms with Crippen LogP contribution in [0.4, 0.5) is 0 Å². The third kappa shape index (κ3) is 6.45. The molecule has 0 aromatic carbocycles. The predicted molar refractivity (Wildman–Crippen MR) is 131 cm³/mol. The van der Waals surface area contributed by atoms with Gasteiger partial charge in [-0.15, -0.1) is 24.0 Å². The van der Waals surface area contributed by atoms with Gasteiger partial charge in [-0.05, 0) is 38.5 Å². The predicted octanol–water partition coefficient (Wildman–Crippen LogP) is 3.22. The molecule has 0 atom stereocenters. The fourth-order valence-corrected chi connectivity index (χ4v) is 5.49. The number of amides is 1. The third-order valence-corrected chi connectivity index (χ3v) is 7.20. The van der Waals surface area contributed by atoms with E-state index in [9.17, 15) is 4.79 Å². The molecule has 0 aromatic heterocycles. The lowest BCUT2D eigenvalue weighted by molar-refractivity contribution is -0.138. The molecule has 1 aliphatic heterocycles. The van der Waals surface area contributed by atoms with Gasteiger partial charge in [-0.1, -0.05) is 32.1 Å². The van der Waals surface area contributed by atoms with Crippen molar-refractivity contribution in [2.24, 2.45) is 10.4 Å². The van der Waals surface area contributed by atoms with Gasteiger partial charge in [0.1, 0.15) is 0 Å². The summed E-state index contributed by atoms with van der Waals surface area (Å²) in [5.74, 6) is 1.11. The van der Waals surface area contributed by atoms with Gasteiger partial charge in [0.2, 0.25) is 5.91 Å². The zero-order valence-corrected chi connectivity index (χ0v) is 21.0. The van der Waals surface area contributed by atoms with E-state index in [0.717, 1.165) is 37.7 Å². The second kappa shape index (κ2) is 11.7. The molecule has 7 heteroatoms. The second-order valence-electron chi connectivity index (χ2n) is 9.36. The summed E-state index contributed by atoms with van der Waals surface area (Å²) in [4.78, 5) is 21.7. The number of rotatable bonds is 5.